The molecule has 3 aliphatic rings. The molecule has 0 N–H and O–H groups in total. The number of benzene rings is 1. The minimum absolute atomic E-state index is 0.140. The number of rotatable bonds is 2. The largest absolute Gasteiger partial charge is 0.350 e. The van der Waals surface area contributed by atoms with Crippen LogP contribution in [0.2, 0.25) is 0 Å². The second-order valence-corrected chi connectivity index (χ2v) is 6.95. The van der Waals surface area contributed by atoms with Crippen molar-refractivity contribution in [3.63, 3.8) is 0 Å². The molecule has 120 valence electrons. The molecule has 5 rings (SSSR count). The Morgan fingerprint density at radius 3 is 2.46 bits per heavy atom. The maximum absolute atomic E-state index is 12.6. The zero-order valence-corrected chi connectivity index (χ0v) is 13.3. The van der Waals surface area contributed by atoms with E-state index in [1.807, 2.05) is 42.1 Å². The molecule has 1 aromatic carbocycles. The standard InChI is InChI=1S/C19H17N3O2/c1-21-10-13(14-4-2-3-5-15(14)21)9-20-22-18(23)16-11-6-7-12(8-11)17(16)19(22)24/h2-7,9-12,16-17H,8H2,1H3/b20-9-/t11-,12+,16-,17-/m0/s1. The molecule has 5 nitrogen and oxygen atoms in total. The first-order valence-electron chi connectivity index (χ1n) is 8.29. The summed E-state index contributed by atoms with van der Waals surface area (Å²) in [6.45, 7) is 0. The summed E-state index contributed by atoms with van der Waals surface area (Å²) in [7, 11) is 1.97. The predicted molar refractivity (Wildman–Crippen MR) is 90.1 cm³/mol. The smallest absolute Gasteiger partial charge is 0.254 e. The number of carbonyl (C=O) groups is 2. The van der Waals surface area contributed by atoms with E-state index in [1.54, 1.807) is 6.21 Å². The van der Waals surface area contributed by atoms with E-state index in [0.29, 0.717) is 0 Å². The van der Waals surface area contributed by atoms with Gasteiger partial charge in [-0.25, -0.2) is 0 Å². The Kier molecular flexibility index (Phi) is 2.66. The van der Waals surface area contributed by atoms with Crippen molar-refractivity contribution in [2.75, 3.05) is 0 Å². The Labute approximate surface area is 139 Å². The van der Waals surface area contributed by atoms with Gasteiger partial charge in [0.25, 0.3) is 11.8 Å². The van der Waals surface area contributed by atoms with Crippen LogP contribution in [-0.2, 0) is 16.6 Å². The summed E-state index contributed by atoms with van der Waals surface area (Å²) in [6, 6.07) is 8.01. The lowest BCUT2D eigenvalue weighted by atomic mass is 9.85. The fraction of sp³-hybridized carbons (Fsp3) is 0.316. The van der Waals surface area contributed by atoms with Crippen molar-refractivity contribution in [3.05, 3.63) is 48.2 Å². The van der Waals surface area contributed by atoms with Crippen LogP contribution >= 0.6 is 0 Å². The molecule has 2 aliphatic carbocycles. The van der Waals surface area contributed by atoms with Crippen molar-refractivity contribution in [1.29, 1.82) is 0 Å². The number of hydrazone groups is 1. The average Bonchev–Trinajstić information content (AvgIpc) is 3.32. The van der Waals surface area contributed by atoms with Gasteiger partial charge < -0.3 is 4.57 Å². The molecule has 2 amide bonds. The van der Waals surface area contributed by atoms with Crippen LogP contribution in [0.5, 0.6) is 0 Å². The van der Waals surface area contributed by atoms with Crippen LogP contribution in [0.25, 0.3) is 10.9 Å². The number of hydrogen-bond acceptors (Lipinski definition) is 3. The maximum Gasteiger partial charge on any atom is 0.254 e. The van der Waals surface area contributed by atoms with E-state index in [2.05, 4.69) is 17.3 Å². The summed E-state index contributed by atoms with van der Waals surface area (Å²) >= 11 is 0. The van der Waals surface area contributed by atoms with Crippen LogP contribution in [0, 0.1) is 23.7 Å². The van der Waals surface area contributed by atoms with E-state index in [9.17, 15) is 9.59 Å². The molecule has 1 saturated carbocycles. The second-order valence-electron chi connectivity index (χ2n) is 6.95. The van der Waals surface area contributed by atoms with E-state index in [4.69, 9.17) is 0 Å². The third kappa shape index (κ3) is 1.67. The molecule has 2 aromatic rings. The van der Waals surface area contributed by atoms with Gasteiger partial charge in [-0.1, -0.05) is 30.4 Å². The van der Waals surface area contributed by atoms with Crippen LogP contribution < -0.4 is 0 Å². The molecular weight excluding hydrogens is 302 g/mol. The Morgan fingerprint density at radius 2 is 1.75 bits per heavy atom. The summed E-state index contributed by atoms with van der Waals surface area (Å²) in [5.41, 5.74) is 2.00. The Hall–Kier alpha value is -2.69. The SMILES string of the molecule is Cn1cc(/C=N\N2C(=O)[C@@H]3[C@@H](C2=O)[C@H]2C=C[C@@H]3C2)c2ccccc21. The number of amides is 2. The van der Waals surface area contributed by atoms with Crippen molar-refractivity contribution in [1.82, 2.24) is 9.58 Å². The zero-order valence-electron chi connectivity index (χ0n) is 13.3. The summed E-state index contributed by atoms with van der Waals surface area (Å²) in [4.78, 5) is 25.3. The molecule has 1 aliphatic heterocycles. The third-order valence-electron chi connectivity index (χ3n) is 5.69. The molecule has 24 heavy (non-hydrogen) atoms. The van der Waals surface area contributed by atoms with E-state index in [0.717, 1.165) is 27.9 Å². The summed E-state index contributed by atoms with van der Waals surface area (Å²) in [5.74, 6) is -0.241. The number of allylic oxidation sites excluding steroid dienone is 2. The van der Waals surface area contributed by atoms with Crippen molar-refractivity contribution >= 4 is 28.9 Å². The van der Waals surface area contributed by atoms with Gasteiger partial charge in [-0.15, -0.1) is 0 Å². The lowest BCUT2D eigenvalue weighted by molar-refractivity contribution is -0.140. The van der Waals surface area contributed by atoms with Crippen molar-refractivity contribution in [3.8, 4) is 0 Å². The summed E-state index contributed by atoms with van der Waals surface area (Å²) in [6.07, 6.45) is 8.72. The van der Waals surface area contributed by atoms with Gasteiger partial charge in [0.2, 0.25) is 0 Å². The number of nitrogens with zero attached hydrogens (tertiary/aromatic N) is 3. The fourth-order valence-electron chi connectivity index (χ4n) is 4.60. The van der Waals surface area contributed by atoms with E-state index in [1.165, 1.54) is 0 Å². The van der Waals surface area contributed by atoms with Crippen LogP contribution in [0.15, 0.2) is 47.7 Å². The number of carbonyl (C=O) groups excluding carboxylic acids is 2. The minimum Gasteiger partial charge on any atom is -0.350 e. The highest BCUT2D eigenvalue weighted by molar-refractivity contribution is 6.07. The summed E-state index contributed by atoms with van der Waals surface area (Å²) < 4.78 is 2.02. The van der Waals surface area contributed by atoms with Gasteiger partial charge in [-0.05, 0) is 24.3 Å². The number of fused-ring (bicyclic) bond motifs is 6. The second kappa shape index (κ2) is 4.66. The lowest BCUT2D eigenvalue weighted by Crippen LogP contribution is -2.28. The molecule has 1 saturated heterocycles. The Bertz CT molecular complexity index is 909. The monoisotopic (exact) mass is 319 g/mol. The minimum atomic E-state index is -0.197. The van der Waals surface area contributed by atoms with Gasteiger partial charge in [-0.2, -0.15) is 10.1 Å². The predicted octanol–water partition coefficient (Wildman–Crippen LogP) is 2.32. The van der Waals surface area contributed by atoms with Crippen molar-refractivity contribution < 1.29 is 9.59 Å². The van der Waals surface area contributed by atoms with Gasteiger partial charge in [0.1, 0.15) is 0 Å². The van der Waals surface area contributed by atoms with E-state index < -0.39 is 0 Å². The first-order valence-corrected chi connectivity index (χ1v) is 8.29. The topological polar surface area (TPSA) is 54.7 Å². The molecule has 5 heteroatoms. The van der Waals surface area contributed by atoms with Crippen LogP contribution in [0.1, 0.15) is 12.0 Å². The quantitative estimate of drug-likeness (QED) is 0.484. The normalized spacial score (nSPS) is 31.1. The van der Waals surface area contributed by atoms with Crippen molar-refractivity contribution in [2.45, 2.75) is 6.42 Å². The van der Waals surface area contributed by atoms with Gasteiger partial charge in [0.15, 0.2) is 0 Å². The third-order valence-corrected chi connectivity index (χ3v) is 5.69. The maximum atomic E-state index is 12.6. The van der Waals surface area contributed by atoms with E-state index >= 15 is 0 Å². The molecule has 0 unspecified atom stereocenters. The van der Waals surface area contributed by atoms with Crippen molar-refractivity contribution in [2.24, 2.45) is 35.8 Å². The first kappa shape index (κ1) is 13.7. The Morgan fingerprint density at radius 1 is 1.08 bits per heavy atom. The molecule has 4 atom stereocenters. The molecule has 2 bridgehead atoms. The highest BCUT2D eigenvalue weighted by atomic mass is 16.2. The fourth-order valence-corrected chi connectivity index (χ4v) is 4.60. The number of hydrogen-bond donors (Lipinski definition) is 0. The summed E-state index contributed by atoms with van der Waals surface area (Å²) in [5, 5.41) is 6.43. The van der Waals surface area contributed by atoms with Gasteiger partial charge in [-0.3, -0.25) is 9.59 Å². The zero-order chi connectivity index (χ0) is 16.4. The number of aryl methyl sites for hydroxylation is 1. The number of imide groups is 1. The Balaban J connectivity index is 1.49. The molecule has 2 fully saturated rings. The number of aromatic nitrogens is 1. The number of para-hydroxylation sites is 1. The molecule has 2 heterocycles. The van der Waals surface area contributed by atoms with E-state index in [-0.39, 0.29) is 35.5 Å². The van der Waals surface area contributed by atoms with Crippen LogP contribution in [-0.4, -0.2) is 27.6 Å². The first-order chi connectivity index (χ1) is 11.6. The van der Waals surface area contributed by atoms with Crippen LogP contribution in [0.3, 0.4) is 0 Å². The molecule has 1 aromatic heterocycles. The van der Waals surface area contributed by atoms with Gasteiger partial charge in [0, 0.05) is 29.7 Å². The molecular formula is C19H17N3O2. The average molecular weight is 319 g/mol. The van der Waals surface area contributed by atoms with Gasteiger partial charge in [0.05, 0.1) is 18.1 Å². The van der Waals surface area contributed by atoms with Crippen LogP contribution in [0.4, 0.5) is 0 Å². The molecule has 0 radical (unpaired) electrons. The lowest BCUT2D eigenvalue weighted by Gasteiger charge is -2.13. The highest BCUT2D eigenvalue weighted by Gasteiger charge is 2.59. The van der Waals surface area contributed by atoms with Gasteiger partial charge >= 0.3 is 0 Å². The molecule has 0 spiro atoms. The highest BCUT2D eigenvalue weighted by Crippen LogP contribution is 2.52.